The molecule has 1 aliphatic rings. The SMILES string of the molecule is COCCOCC(=O)Nc1nc(-c2ccccc2)c(CN2CCOCC2)s1. The van der Waals surface area contributed by atoms with E-state index in [0.29, 0.717) is 18.3 Å². The third-order valence-corrected chi connectivity index (χ3v) is 5.08. The van der Waals surface area contributed by atoms with Crippen LogP contribution in [0.5, 0.6) is 0 Å². The van der Waals surface area contributed by atoms with Gasteiger partial charge in [-0.05, 0) is 0 Å². The zero-order valence-corrected chi connectivity index (χ0v) is 16.3. The Morgan fingerprint density at radius 3 is 2.78 bits per heavy atom. The molecule has 0 radical (unpaired) electrons. The molecule has 146 valence electrons. The number of morpholine rings is 1. The molecule has 7 nitrogen and oxygen atoms in total. The molecule has 0 unspecified atom stereocenters. The number of anilines is 1. The van der Waals surface area contributed by atoms with Gasteiger partial charge < -0.3 is 14.2 Å². The minimum atomic E-state index is -0.211. The molecular weight excluding hydrogens is 366 g/mol. The molecule has 0 bridgehead atoms. The third kappa shape index (κ3) is 6.08. The molecule has 27 heavy (non-hydrogen) atoms. The Morgan fingerprint density at radius 2 is 2.04 bits per heavy atom. The fraction of sp³-hybridized carbons (Fsp3) is 0.474. The summed E-state index contributed by atoms with van der Waals surface area (Å²) in [5.74, 6) is -0.211. The average Bonchev–Trinajstić information content (AvgIpc) is 3.09. The number of rotatable bonds is 9. The van der Waals surface area contributed by atoms with Crippen LogP contribution in [0.1, 0.15) is 4.88 Å². The van der Waals surface area contributed by atoms with E-state index in [4.69, 9.17) is 14.2 Å². The van der Waals surface area contributed by atoms with Crippen molar-refractivity contribution >= 4 is 22.4 Å². The van der Waals surface area contributed by atoms with Gasteiger partial charge in [0, 0.05) is 37.2 Å². The van der Waals surface area contributed by atoms with E-state index in [1.165, 1.54) is 11.3 Å². The van der Waals surface area contributed by atoms with E-state index in [0.717, 1.165) is 49.0 Å². The van der Waals surface area contributed by atoms with Gasteiger partial charge in [-0.2, -0.15) is 0 Å². The Bertz CT molecular complexity index is 717. The molecule has 3 rings (SSSR count). The second-order valence-electron chi connectivity index (χ2n) is 6.14. The van der Waals surface area contributed by atoms with E-state index in [2.05, 4.69) is 15.2 Å². The molecule has 1 N–H and O–H groups in total. The zero-order chi connectivity index (χ0) is 18.9. The van der Waals surface area contributed by atoms with Gasteiger partial charge in [0.15, 0.2) is 5.13 Å². The highest BCUT2D eigenvalue weighted by molar-refractivity contribution is 7.16. The maximum absolute atomic E-state index is 12.1. The average molecular weight is 391 g/mol. The zero-order valence-electron chi connectivity index (χ0n) is 15.5. The number of methoxy groups -OCH3 is 1. The van der Waals surface area contributed by atoms with E-state index in [1.807, 2.05) is 30.3 Å². The lowest BCUT2D eigenvalue weighted by atomic mass is 10.1. The van der Waals surface area contributed by atoms with Crippen LogP contribution in [0.15, 0.2) is 30.3 Å². The molecular formula is C19H25N3O4S. The Labute approximate surface area is 163 Å². The van der Waals surface area contributed by atoms with Crippen LogP contribution in [0.25, 0.3) is 11.3 Å². The number of hydrogen-bond donors (Lipinski definition) is 1. The summed E-state index contributed by atoms with van der Waals surface area (Å²) in [6.07, 6.45) is 0. The number of hydrogen-bond acceptors (Lipinski definition) is 7. The van der Waals surface area contributed by atoms with Gasteiger partial charge in [0.05, 0.1) is 32.1 Å². The molecule has 0 aliphatic carbocycles. The second kappa shape index (κ2) is 10.5. The lowest BCUT2D eigenvalue weighted by Crippen LogP contribution is -2.35. The summed E-state index contributed by atoms with van der Waals surface area (Å²) >= 11 is 1.51. The topological polar surface area (TPSA) is 72.9 Å². The first-order valence-electron chi connectivity index (χ1n) is 8.98. The fourth-order valence-electron chi connectivity index (χ4n) is 2.76. The molecule has 1 saturated heterocycles. The maximum Gasteiger partial charge on any atom is 0.252 e. The highest BCUT2D eigenvalue weighted by atomic mass is 32.1. The molecule has 1 aromatic carbocycles. The Kier molecular flexibility index (Phi) is 7.73. The van der Waals surface area contributed by atoms with Crippen molar-refractivity contribution in [3.63, 3.8) is 0 Å². The molecule has 8 heteroatoms. The van der Waals surface area contributed by atoms with Crippen LogP contribution >= 0.6 is 11.3 Å². The lowest BCUT2D eigenvalue weighted by molar-refractivity contribution is -0.121. The Balaban J connectivity index is 1.70. The minimum Gasteiger partial charge on any atom is -0.382 e. The van der Waals surface area contributed by atoms with E-state index < -0.39 is 0 Å². The summed E-state index contributed by atoms with van der Waals surface area (Å²) in [6.45, 7) is 4.95. The van der Waals surface area contributed by atoms with Crippen molar-refractivity contribution in [3.05, 3.63) is 35.2 Å². The molecule has 1 amide bonds. The normalized spacial score (nSPS) is 15.0. The predicted molar refractivity (Wildman–Crippen MR) is 105 cm³/mol. The van der Waals surface area contributed by atoms with Crippen molar-refractivity contribution in [3.8, 4) is 11.3 Å². The van der Waals surface area contributed by atoms with Crippen molar-refractivity contribution in [2.24, 2.45) is 0 Å². The number of aromatic nitrogens is 1. The Morgan fingerprint density at radius 1 is 1.26 bits per heavy atom. The van der Waals surface area contributed by atoms with Gasteiger partial charge in [0.25, 0.3) is 5.91 Å². The first-order chi connectivity index (χ1) is 13.3. The van der Waals surface area contributed by atoms with Crippen molar-refractivity contribution in [2.45, 2.75) is 6.54 Å². The van der Waals surface area contributed by atoms with Gasteiger partial charge in [-0.25, -0.2) is 4.98 Å². The molecule has 1 fully saturated rings. The summed E-state index contributed by atoms with van der Waals surface area (Å²) in [6, 6.07) is 10.1. The van der Waals surface area contributed by atoms with Crippen LogP contribution in [0.2, 0.25) is 0 Å². The van der Waals surface area contributed by atoms with Gasteiger partial charge >= 0.3 is 0 Å². The van der Waals surface area contributed by atoms with Crippen LogP contribution in [0.4, 0.5) is 5.13 Å². The first kappa shape index (κ1) is 19.9. The fourth-order valence-corrected chi connectivity index (χ4v) is 3.80. The molecule has 1 aromatic heterocycles. The first-order valence-corrected chi connectivity index (χ1v) is 9.79. The molecule has 0 atom stereocenters. The number of thiazole rings is 1. The summed E-state index contributed by atoms with van der Waals surface area (Å²) < 4.78 is 15.6. The number of nitrogens with zero attached hydrogens (tertiary/aromatic N) is 2. The smallest absolute Gasteiger partial charge is 0.252 e. The second-order valence-corrected chi connectivity index (χ2v) is 7.22. The van der Waals surface area contributed by atoms with Gasteiger partial charge in [0.2, 0.25) is 0 Å². The Hall–Kier alpha value is -1.84. The molecule has 2 heterocycles. The summed E-state index contributed by atoms with van der Waals surface area (Å²) in [5.41, 5.74) is 1.97. The lowest BCUT2D eigenvalue weighted by Gasteiger charge is -2.26. The molecule has 1 aliphatic heterocycles. The number of ether oxygens (including phenoxy) is 3. The van der Waals surface area contributed by atoms with Gasteiger partial charge in [-0.15, -0.1) is 0 Å². The van der Waals surface area contributed by atoms with Crippen LogP contribution in [0.3, 0.4) is 0 Å². The quantitative estimate of drug-likeness (QED) is 0.661. The van der Waals surface area contributed by atoms with Gasteiger partial charge in [-0.3, -0.25) is 15.0 Å². The largest absolute Gasteiger partial charge is 0.382 e. The maximum atomic E-state index is 12.1. The molecule has 0 spiro atoms. The van der Waals surface area contributed by atoms with Crippen LogP contribution < -0.4 is 5.32 Å². The number of carbonyl (C=O) groups is 1. The van der Waals surface area contributed by atoms with Crippen molar-refractivity contribution in [1.29, 1.82) is 0 Å². The van der Waals surface area contributed by atoms with Crippen molar-refractivity contribution in [2.75, 3.05) is 58.6 Å². The van der Waals surface area contributed by atoms with Crippen molar-refractivity contribution < 1.29 is 19.0 Å². The summed E-state index contributed by atoms with van der Waals surface area (Å²) in [4.78, 5) is 20.3. The van der Waals surface area contributed by atoms with Crippen LogP contribution in [0, 0.1) is 0 Å². The van der Waals surface area contributed by atoms with Crippen LogP contribution in [-0.4, -0.2) is 69.0 Å². The van der Waals surface area contributed by atoms with E-state index >= 15 is 0 Å². The highest BCUT2D eigenvalue weighted by Gasteiger charge is 2.19. The number of carbonyl (C=O) groups excluding carboxylic acids is 1. The third-order valence-electron chi connectivity index (χ3n) is 4.13. The van der Waals surface area contributed by atoms with E-state index in [-0.39, 0.29) is 12.5 Å². The monoisotopic (exact) mass is 391 g/mol. The van der Waals surface area contributed by atoms with Gasteiger partial charge in [-0.1, -0.05) is 41.7 Å². The van der Waals surface area contributed by atoms with Crippen LogP contribution in [-0.2, 0) is 25.5 Å². The molecule has 2 aromatic rings. The minimum absolute atomic E-state index is 0.0115. The van der Waals surface area contributed by atoms with Crippen molar-refractivity contribution in [1.82, 2.24) is 9.88 Å². The summed E-state index contributed by atoms with van der Waals surface area (Å²) in [7, 11) is 1.60. The summed E-state index contributed by atoms with van der Waals surface area (Å²) in [5, 5.41) is 3.44. The van der Waals surface area contributed by atoms with Gasteiger partial charge in [0.1, 0.15) is 6.61 Å². The number of nitrogens with one attached hydrogen (secondary N) is 1. The number of amides is 1. The molecule has 0 saturated carbocycles. The standard InChI is InChI=1S/C19H25N3O4S/c1-24-11-12-26-14-17(23)20-19-21-18(15-5-3-2-4-6-15)16(27-19)13-22-7-9-25-10-8-22/h2-6H,7-14H2,1H3,(H,20,21,23). The highest BCUT2D eigenvalue weighted by Crippen LogP contribution is 2.32. The van der Waals surface area contributed by atoms with E-state index in [1.54, 1.807) is 7.11 Å². The van der Waals surface area contributed by atoms with E-state index in [9.17, 15) is 4.79 Å². The number of benzene rings is 1. The predicted octanol–water partition coefficient (Wildman–Crippen LogP) is 2.24.